The number of sulfonamides is 1. The molecular weight excluding hydrogens is 429 g/mol. The second-order valence-corrected chi connectivity index (χ2v) is 9.72. The lowest BCUT2D eigenvalue weighted by Crippen LogP contribution is -2.13. The van der Waals surface area contributed by atoms with Gasteiger partial charge in [-0.3, -0.25) is 9.52 Å². The van der Waals surface area contributed by atoms with Crippen LogP contribution in [-0.4, -0.2) is 30.4 Å². The van der Waals surface area contributed by atoms with Crippen molar-refractivity contribution in [2.45, 2.75) is 19.8 Å². The van der Waals surface area contributed by atoms with Gasteiger partial charge in [0, 0.05) is 28.9 Å². The van der Waals surface area contributed by atoms with E-state index in [-0.39, 0.29) is 16.8 Å². The van der Waals surface area contributed by atoms with E-state index in [2.05, 4.69) is 40.7 Å². The van der Waals surface area contributed by atoms with Crippen LogP contribution in [0.1, 0.15) is 41.3 Å². The number of nitrogens with one attached hydrogen (secondary N) is 2. The highest BCUT2D eigenvalue weighted by atomic mass is 32.2. The molecule has 0 atom stereocenters. The Kier molecular flexibility index (Phi) is 5.56. The van der Waals surface area contributed by atoms with E-state index in [0.29, 0.717) is 17.0 Å². The highest BCUT2D eigenvalue weighted by Crippen LogP contribution is 2.29. The smallest absolute Gasteiger partial charge is 0.229 e. The Labute approximate surface area is 185 Å². The zero-order chi connectivity index (χ0) is 23.0. The number of nitrogens with zero attached hydrogens (tertiary/aromatic N) is 1. The van der Waals surface area contributed by atoms with Crippen molar-refractivity contribution in [3.63, 3.8) is 0 Å². The molecule has 164 valence electrons. The van der Waals surface area contributed by atoms with Crippen LogP contribution in [0.2, 0.25) is 0 Å². The molecule has 0 radical (unpaired) electrons. The predicted molar refractivity (Wildman–Crippen MR) is 124 cm³/mol. The maximum absolute atomic E-state index is 14.9. The Bertz CT molecular complexity index is 1420. The summed E-state index contributed by atoms with van der Waals surface area (Å²) in [5.74, 6) is -1.08. The van der Waals surface area contributed by atoms with E-state index < -0.39 is 21.6 Å². The Balaban J connectivity index is 1.75. The van der Waals surface area contributed by atoms with Crippen molar-refractivity contribution in [1.82, 2.24) is 9.97 Å². The number of hydrogen-bond donors (Lipinski definition) is 2. The molecule has 8 heteroatoms. The molecule has 0 saturated carbocycles. The molecule has 2 aromatic heterocycles. The Morgan fingerprint density at radius 1 is 1.06 bits per heavy atom. The summed E-state index contributed by atoms with van der Waals surface area (Å²) >= 11 is 0. The van der Waals surface area contributed by atoms with Crippen molar-refractivity contribution in [3.8, 4) is 11.1 Å². The first-order chi connectivity index (χ1) is 15.1. The molecule has 0 fully saturated rings. The van der Waals surface area contributed by atoms with E-state index >= 15 is 0 Å². The number of fused-ring (bicyclic) bond motifs is 1. The maximum atomic E-state index is 14.9. The summed E-state index contributed by atoms with van der Waals surface area (Å²) in [4.78, 5) is 20.5. The third kappa shape index (κ3) is 4.27. The third-order valence-electron chi connectivity index (χ3n) is 5.23. The molecule has 4 aromatic rings. The van der Waals surface area contributed by atoms with Crippen LogP contribution in [0.5, 0.6) is 0 Å². The van der Waals surface area contributed by atoms with Crippen LogP contribution in [0.3, 0.4) is 0 Å². The van der Waals surface area contributed by atoms with Gasteiger partial charge in [0.15, 0.2) is 11.6 Å². The topological polar surface area (TPSA) is 91.9 Å². The number of halogens is 1. The summed E-state index contributed by atoms with van der Waals surface area (Å²) < 4.78 is 40.0. The Morgan fingerprint density at radius 3 is 2.44 bits per heavy atom. The average Bonchev–Trinajstić information content (AvgIpc) is 3.17. The van der Waals surface area contributed by atoms with E-state index in [4.69, 9.17) is 0 Å². The lowest BCUT2D eigenvalue weighted by atomic mass is 9.98. The molecular formula is C24H22FN3O3S. The standard InChI is InChI=1S/C24H22FN3O3S/c1-14(2)15-7-9-16(10-8-15)17-11-19-20(13-27-24(19)26-12-17)23(29)18-5-4-6-21(22(18)25)28-32(3,30)31/h4-14,28H,1-3H3,(H,26,27). The number of carbonyl (C=O) groups is 1. The van der Waals surface area contributed by atoms with Gasteiger partial charge in [0.05, 0.1) is 17.5 Å². The molecule has 6 nitrogen and oxygen atoms in total. The second kappa shape index (κ2) is 8.20. The molecule has 0 saturated heterocycles. The third-order valence-corrected chi connectivity index (χ3v) is 5.82. The van der Waals surface area contributed by atoms with E-state index in [1.54, 1.807) is 6.20 Å². The van der Waals surface area contributed by atoms with Gasteiger partial charge in [0.1, 0.15) is 5.65 Å². The minimum atomic E-state index is -3.69. The first-order valence-corrected chi connectivity index (χ1v) is 11.9. The Morgan fingerprint density at radius 2 is 1.78 bits per heavy atom. The second-order valence-electron chi connectivity index (χ2n) is 7.97. The van der Waals surface area contributed by atoms with Crippen molar-refractivity contribution in [3.05, 3.63) is 83.4 Å². The zero-order valence-corrected chi connectivity index (χ0v) is 18.6. The number of carbonyl (C=O) groups excluding carboxylic acids is 1. The summed E-state index contributed by atoms with van der Waals surface area (Å²) in [6, 6.07) is 14.0. The van der Waals surface area contributed by atoms with E-state index in [0.717, 1.165) is 17.4 Å². The molecule has 0 aliphatic rings. The van der Waals surface area contributed by atoms with Crippen molar-refractivity contribution in [2.24, 2.45) is 0 Å². The van der Waals surface area contributed by atoms with Crippen molar-refractivity contribution in [2.75, 3.05) is 11.0 Å². The van der Waals surface area contributed by atoms with Crippen molar-refractivity contribution in [1.29, 1.82) is 0 Å². The minimum absolute atomic E-state index is 0.230. The fourth-order valence-corrected chi connectivity index (χ4v) is 4.10. The lowest BCUT2D eigenvalue weighted by Gasteiger charge is -2.09. The molecule has 0 unspecified atom stereocenters. The number of rotatable bonds is 6. The molecule has 2 aromatic carbocycles. The number of aromatic amines is 1. The normalized spacial score (nSPS) is 11.8. The molecule has 32 heavy (non-hydrogen) atoms. The highest BCUT2D eigenvalue weighted by molar-refractivity contribution is 7.92. The molecule has 4 rings (SSSR count). The van der Waals surface area contributed by atoms with Gasteiger partial charge in [-0.15, -0.1) is 0 Å². The van der Waals surface area contributed by atoms with E-state index in [1.807, 2.05) is 18.2 Å². The van der Waals surface area contributed by atoms with Crippen LogP contribution in [0.15, 0.2) is 60.9 Å². The van der Waals surface area contributed by atoms with E-state index in [9.17, 15) is 17.6 Å². The van der Waals surface area contributed by atoms with Gasteiger partial charge in [0.25, 0.3) is 0 Å². The minimum Gasteiger partial charge on any atom is -0.345 e. The van der Waals surface area contributed by atoms with Gasteiger partial charge >= 0.3 is 0 Å². The number of ketones is 1. The van der Waals surface area contributed by atoms with Crippen molar-refractivity contribution >= 4 is 32.5 Å². The molecule has 2 N–H and O–H groups in total. The fraction of sp³-hybridized carbons (Fsp3) is 0.167. The van der Waals surface area contributed by atoms with E-state index in [1.165, 1.54) is 30.0 Å². The monoisotopic (exact) mass is 451 g/mol. The van der Waals surface area contributed by atoms with Crippen LogP contribution in [0.25, 0.3) is 22.2 Å². The summed E-state index contributed by atoms with van der Waals surface area (Å²) in [5.41, 5.74) is 3.25. The zero-order valence-electron chi connectivity index (χ0n) is 17.8. The van der Waals surface area contributed by atoms with Gasteiger partial charge < -0.3 is 4.98 Å². The summed E-state index contributed by atoms with van der Waals surface area (Å²) in [7, 11) is -3.69. The van der Waals surface area contributed by atoms with Gasteiger partial charge in [0.2, 0.25) is 10.0 Å². The first-order valence-electron chi connectivity index (χ1n) is 10.0. The average molecular weight is 452 g/mol. The fourth-order valence-electron chi connectivity index (χ4n) is 3.54. The lowest BCUT2D eigenvalue weighted by molar-refractivity contribution is 0.103. The summed E-state index contributed by atoms with van der Waals surface area (Å²) in [6.07, 6.45) is 4.12. The molecule has 0 aliphatic heterocycles. The van der Waals surface area contributed by atoms with Crippen LogP contribution in [0, 0.1) is 5.82 Å². The largest absolute Gasteiger partial charge is 0.345 e. The molecule has 0 bridgehead atoms. The summed E-state index contributed by atoms with van der Waals surface area (Å²) in [6.45, 7) is 4.25. The number of H-pyrrole nitrogens is 1. The van der Waals surface area contributed by atoms with Gasteiger partial charge in [-0.2, -0.15) is 0 Å². The van der Waals surface area contributed by atoms with Crippen molar-refractivity contribution < 1.29 is 17.6 Å². The number of hydrogen-bond acceptors (Lipinski definition) is 4. The predicted octanol–water partition coefficient (Wildman–Crippen LogP) is 5.09. The molecule has 0 aliphatic carbocycles. The molecule has 2 heterocycles. The van der Waals surface area contributed by atoms with Crippen LogP contribution in [-0.2, 0) is 10.0 Å². The summed E-state index contributed by atoms with van der Waals surface area (Å²) in [5, 5.41) is 0.557. The first kappa shape index (κ1) is 21.7. The maximum Gasteiger partial charge on any atom is 0.229 e. The highest BCUT2D eigenvalue weighted by Gasteiger charge is 2.21. The molecule has 0 amide bonds. The van der Waals surface area contributed by atoms with Gasteiger partial charge in [-0.25, -0.2) is 17.8 Å². The number of pyridine rings is 1. The van der Waals surface area contributed by atoms with Gasteiger partial charge in [-0.05, 0) is 35.2 Å². The molecule has 0 spiro atoms. The quantitative estimate of drug-likeness (QED) is 0.399. The number of aromatic nitrogens is 2. The van der Waals surface area contributed by atoms with Crippen LogP contribution in [0.4, 0.5) is 10.1 Å². The SMILES string of the molecule is CC(C)c1ccc(-c2cnc3[nH]cc(C(=O)c4cccc(NS(C)(=O)=O)c4F)c3c2)cc1. The van der Waals surface area contributed by atoms with Crippen LogP contribution >= 0.6 is 0 Å². The van der Waals surface area contributed by atoms with Crippen LogP contribution < -0.4 is 4.72 Å². The number of anilines is 1. The Hall–Kier alpha value is -3.52. The van der Waals surface area contributed by atoms with Gasteiger partial charge in [-0.1, -0.05) is 44.2 Å². The number of benzene rings is 2.